The first kappa shape index (κ1) is 14.1. The Morgan fingerprint density at radius 1 is 1.21 bits per heavy atom. The molecule has 1 aromatic carbocycles. The Balaban J connectivity index is 1.50. The van der Waals surface area contributed by atoms with Gasteiger partial charge in [-0.1, -0.05) is 11.2 Å². The highest BCUT2D eigenvalue weighted by Gasteiger charge is 2.14. The lowest BCUT2D eigenvalue weighted by Crippen LogP contribution is -2.23. The monoisotopic (exact) mass is 319 g/mol. The van der Waals surface area contributed by atoms with Crippen molar-refractivity contribution in [3.63, 3.8) is 0 Å². The molecule has 24 heavy (non-hydrogen) atoms. The summed E-state index contributed by atoms with van der Waals surface area (Å²) in [5.41, 5.74) is 2.93. The van der Waals surface area contributed by atoms with Crippen molar-refractivity contribution in [3.05, 3.63) is 66.2 Å². The van der Waals surface area contributed by atoms with Gasteiger partial charge in [0, 0.05) is 36.0 Å². The van der Waals surface area contributed by atoms with Crippen molar-refractivity contribution in [3.8, 4) is 11.3 Å². The number of rotatable bonds is 4. The van der Waals surface area contributed by atoms with Gasteiger partial charge in [-0.05, 0) is 29.8 Å². The number of fused-ring (bicyclic) bond motifs is 1. The Labute approximate surface area is 136 Å². The highest BCUT2D eigenvalue weighted by Crippen LogP contribution is 2.24. The zero-order chi connectivity index (χ0) is 16.4. The summed E-state index contributed by atoms with van der Waals surface area (Å²) in [6, 6.07) is 11.1. The topological polar surface area (TPSA) is 96.7 Å². The fourth-order valence-electron chi connectivity index (χ4n) is 2.39. The Bertz CT molecular complexity index is 990. The second kappa shape index (κ2) is 5.96. The van der Waals surface area contributed by atoms with Gasteiger partial charge < -0.3 is 9.84 Å². The number of hydrogen-bond acceptors (Lipinski definition) is 5. The zero-order valence-corrected chi connectivity index (χ0v) is 12.6. The van der Waals surface area contributed by atoms with E-state index in [-0.39, 0.29) is 11.6 Å². The first-order valence-electron chi connectivity index (χ1n) is 7.37. The first-order chi connectivity index (χ1) is 11.8. The molecule has 0 saturated heterocycles. The van der Waals surface area contributed by atoms with Crippen LogP contribution in [0, 0.1) is 0 Å². The molecule has 4 rings (SSSR count). The number of carbonyl (C=O) groups is 1. The predicted octanol–water partition coefficient (Wildman–Crippen LogP) is 2.54. The lowest BCUT2D eigenvalue weighted by Gasteiger charge is -2.01. The SMILES string of the molecule is O=C(NCc1cccnc1)c1cc(-c2ccc3[nH]ncc3c2)on1. The van der Waals surface area contributed by atoms with E-state index < -0.39 is 0 Å². The predicted molar refractivity (Wildman–Crippen MR) is 87.0 cm³/mol. The second-order valence-corrected chi connectivity index (χ2v) is 5.29. The van der Waals surface area contributed by atoms with Gasteiger partial charge in [-0.3, -0.25) is 14.9 Å². The van der Waals surface area contributed by atoms with E-state index in [2.05, 4.69) is 25.7 Å². The lowest BCUT2D eigenvalue weighted by molar-refractivity contribution is 0.0942. The molecule has 0 unspecified atom stereocenters. The number of hydrogen-bond donors (Lipinski definition) is 2. The number of nitrogens with one attached hydrogen (secondary N) is 2. The van der Waals surface area contributed by atoms with Gasteiger partial charge in [-0.15, -0.1) is 0 Å². The van der Waals surface area contributed by atoms with Gasteiger partial charge in [0.2, 0.25) is 0 Å². The van der Waals surface area contributed by atoms with Gasteiger partial charge >= 0.3 is 0 Å². The quantitative estimate of drug-likeness (QED) is 0.602. The maximum Gasteiger partial charge on any atom is 0.273 e. The summed E-state index contributed by atoms with van der Waals surface area (Å²) >= 11 is 0. The molecule has 7 heteroatoms. The third-order valence-corrected chi connectivity index (χ3v) is 3.64. The van der Waals surface area contributed by atoms with Crippen LogP contribution in [0.25, 0.3) is 22.2 Å². The van der Waals surface area contributed by atoms with Gasteiger partial charge in [0.1, 0.15) is 0 Å². The minimum absolute atomic E-state index is 0.237. The number of amides is 1. The molecule has 0 aliphatic carbocycles. The molecule has 0 saturated carbocycles. The highest BCUT2D eigenvalue weighted by atomic mass is 16.5. The molecule has 0 aliphatic heterocycles. The largest absolute Gasteiger partial charge is 0.355 e. The van der Waals surface area contributed by atoms with Crippen LogP contribution < -0.4 is 5.32 Å². The van der Waals surface area contributed by atoms with Crippen molar-refractivity contribution >= 4 is 16.8 Å². The maximum atomic E-state index is 12.2. The molecular weight excluding hydrogens is 306 g/mol. The third kappa shape index (κ3) is 2.74. The van der Waals surface area contributed by atoms with E-state index in [1.54, 1.807) is 24.7 Å². The molecule has 0 atom stereocenters. The molecule has 0 bridgehead atoms. The van der Waals surface area contributed by atoms with Crippen LogP contribution >= 0.6 is 0 Å². The highest BCUT2D eigenvalue weighted by molar-refractivity contribution is 5.93. The summed E-state index contributed by atoms with van der Waals surface area (Å²) in [7, 11) is 0. The summed E-state index contributed by atoms with van der Waals surface area (Å²) < 4.78 is 5.30. The Hall–Kier alpha value is -3.48. The fourth-order valence-corrected chi connectivity index (χ4v) is 2.39. The number of nitrogens with zero attached hydrogens (tertiary/aromatic N) is 3. The summed E-state index contributed by atoms with van der Waals surface area (Å²) in [6.45, 7) is 0.385. The van der Waals surface area contributed by atoms with Crippen LogP contribution in [-0.2, 0) is 6.54 Å². The molecule has 3 heterocycles. The van der Waals surface area contributed by atoms with E-state index in [9.17, 15) is 4.79 Å². The minimum Gasteiger partial charge on any atom is -0.355 e. The normalized spacial score (nSPS) is 10.8. The average Bonchev–Trinajstić information content (AvgIpc) is 3.29. The average molecular weight is 319 g/mol. The molecule has 7 nitrogen and oxygen atoms in total. The van der Waals surface area contributed by atoms with Crippen LogP contribution in [0.5, 0.6) is 0 Å². The van der Waals surface area contributed by atoms with Crippen LogP contribution in [-0.4, -0.2) is 26.2 Å². The molecule has 0 fully saturated rings. The number of pyridine rings is 1. The number of aromatic amines is 1. The third-order valence-electron chi connectivity index (χ3n) is 3.64. The number of benzene rings is 1. The second-order valence-electron chi connectivity index (χ2n) is 5.29. The molecule has 2 N–H and O–H groups in total. The van der Waals surface area contributed by atoms with Crippen molar-refractivity contribution in [1.29, 1.82) is 0 Å². The molecule has 0 spiro atoms. The summed E-state index contributed by atoms with van der Waals surface area (Å²) in [4.78, 5) is 16.2. The standard InChI is InChI=1S/C17H13N5O2/c23-17(19-9-11-2-1-5-18-8-11)15-7-16(24-22-15)12-3-4-14-13(6-12)10-20-21-14/h1-8,10H,9H2,(H,19,23)(H,20,21). The van der Waals surface area contributed by atoms with E-state index in [4.69, 9.17) is 4.52 Å². The van der Waals surface area contributed by atoms with E-state index in [1.807, 2.05) is 30.3 Å². The number of carbonyl (C=O) groups excluding carboxylic acids is 1. The lowest BCUT2D eigenvalue weighted by atomic mass is 10.1. The van der Waals surface area contributed by atoms with E-state index in [0.29, 0.717) is 12.3 Å². The summed E-state index contributed by atoms with van der Waals surface area (Å²) in [5.74, 6) is 0.239. The van der Waals surface area contributed by atoms with E-state index >= 15 is 0 Å². The van der Waals surface area contributed by atoms with Gasteiger partial charge in [0.15, 0.2) is 11.5 Å². The van der Waals surface area contributed by atoms with E-state index in [1.165, 1.54) is 0 Å². The van der Waals surface area contributed by atoms with Crippen molar-refractivity contribution < 1.29 is 9.32 Å². The smallest absolute Gasteiger partial charge is 0.273 e. The first-order valence-corrected chi connectivity index (χ1v) is 7.37. The summed E-state index contributed by atoms with van der Waals surface area (Å²) in [5, 5.41) is 14.5. The molecule has 1 amide bonds. The van der Waals surface area contributed by atoms with Crippen LogP contribution in [0.4, 0.5) is 0 Å². The Morgan fingerprint density at radius 3 is 3.04 bits per heavy atom. The van der Waals surface area contributed by atoms with Gasteiger partial charge in [-0.2, -0.15) is 5.10 Å². The van der Waals surface area contributed by atoms with E-state index in [0.717, 1.165) is 22.0 Å². The molecule has 0 aliphatic rings. The van der Waals surface area contributed by atoms with Crippen LogP contribution in [0.1, 0.15) is 16.1 Å². The van der Waals surface area contributed by atoms with Gasteiger partial charge in [-0.25, -0.2) is 0 Å². The van der Waals surface area contributed by atoms with Crippen LogP contribution in [0.15, 0.2) is 59.5 Å². The molecule has 118 valence electrons. The van der Waals surface area contributed by atoms with Crippen molar-refractivity contribution in [1.82, 2.24) is 25.7 Å². The van der Waals surface area contributed by atoms with Crippen LogP contribution in [0.2, 0.25) is 0 Å². The van der Waals surface area contributed by atoms with Crippen LogP contribution in [0.3, 0.4) is 0 Å². The Morgan fingerprint density at radius 2 is 2.17 bits per heavy atom. The van der Waals surface area contributed by atoms with Crippen molar-refractivity contribution in [2.75, 3.05) is 0 Å². The molecule has 3 aromatic heterocycles. The molecule has 0 radical (unpaired) electrons. The van der Waals surface area contributed by atoms with Crippen molar-refractivity contribution in [2.45, 2.75) is 6.54 Å². The fraction of sp³-hybridized carbons (Fsp3) is 0.0588. The maximum absolute atomic E-state index is 12.2. The van der Waals surface area contributed by atoms with Gasteiger partial charge in [0.25, 0.3) is 5.91 Å². The number of H-pyrrole nitrogens is 1. The molecular formula is C17H13N5O2. The minimum atomic E-state index is -0.293. The van der Waals surface area contributed by atoms with Crippen molar-refractivity contribution in [2.24, 2.45) is 0 Å². The van der Waals surface area contributed by atoms with Gasteiger partial charge in [0.05, 0.1) is 11.7 Å². The Kier molecular flexibility index (Phi) is 3.51. The molecule has 4 aromatic rings. The summed E-state index contributed by atoms with van der Waals surface area (Å²) in [6.07, 6.45) is 5.12. The number of aromatic nitrogens is 4. The zero-order valence-electron chi connectivity index (χ0n) is 12.6.